The minimum Gasteiger partial charge on any atom is -0.465 e. The third-order valence-electron chi connectivity index (χ3n) is 3.84. The number of benzene rings is 2. The molecule has 0 fully saturated rings. The zero-order valence-electron chi connectivity index (χ0n) is 20.6. The Morgan fingerprint density at radius 3 is 1.25 bits per heavy atom. The fraction of sp³-hybridized carbons (Fsp3) is 0.250. The highest BCUT2D eigenvalue weighted by atomic mass is 35.5. The summed E-state index contributed by atoms with van der Waals surface area (Å²) in [4.78, 5) is 25.8. The van der Waals surface area contributed by atoms with Crippen molar-refractivity contribution in [3.05, 3.63) is 45.4 Å². The van der Waals surface area contributed by atoms with Crippen LogP contribution in [0.3, 0.4) is 0 Å². The molecule has 24 heteroatoms. The topological polar surface area (TPSA) is 145 Å². The molecule has 246 valence electrons. The lowest BCUT2D eigenvalue weighted by Gasteiger charge is -2.16. The third kappa shape index (κ3) is 13.4. The molecular weight excluding hydrogens is 693 g/mol. The van der Waals surface area contributed by atoms with E-state index in [-0.39, 0.29) is 6.07 Å². The van der Waals surface area contributed by atoms with Gasteiger partial charge in [-0.05, 0) is 6.07 Å². The number of aliphatic imine (C=N–C) groups is 1. The first-order chi connectivity index (χ1) is 19.7. The van der Waals surface area contributed by atoms with E-state index in [2.05, 4.69) is 28.7 Å². The third-order valence-corrected chi connectivity index (χ3v) is 4.43. The van der Waals surface area contributed by atoms with Crippen molar-refractivity contribution >= 4 is 41.0 Å². The molecule has 0 radical (unpaired) electrons. The van der Waals surface area contributed by atoms with Gasteiger partial charge in [0.2, 0.25) is 0 Å². The van der Waals surface area contributed by atoms with Gasteiger partial charge in [-0.15, -0.1) is 52.7 Å². The van der Waals surface area contributed by atoms with Crippen molar-refractivity contribution in [2.75, 3.05) is 7.11 Å². The second-order valence-electron chi connectivity index (χ2n) is 7.08. The molecule has 10 nitrogen and oxygen atoms in total. The van der Waals surface area contributed by atoms with Crippen LogP contribution in [0.25, 0.3) is 0 Å². The fourth-order valence-electron chi connectivity index (χ4n) is 2.51. The first-order valence-electron chi connectivity index (χ1n) is 10.1. The number of carbonyl (C=O) groups is 2. The minimum atomic E-state index is -5.25. The van der Waals surface area contributed by atoms with Crippen LogP contribution in [0.5, 0.6) is 23.0 Å². The van der Waals surface area contributed by atoms with E-state index < -0.39 is 87.5 Å². The molecule has 2 aromatic carbocycles. The summed E-state index contributed by atoms with van der Waals surface area (Å²) >= 11 is 10.7. The first kappa shape index (κ1) is 37.8. The van der Waals surface area contributed by atoms with Crippen LogP contribution in [-0.4, -0.2) is 50.4 Å². The van der Waals surface area contributed by atoms with Gasteiger partial charge in [0, 0.05) is 18.2 Å². The summed E-state index contributed by atoms with van der Waals surface area (Å²) < 4.78 is 164. The monoisotopic (exact) mass is 703 g/mol. The molecule has 0 spiro atoms. The summed E-state index contributed by atoms with van der Waals surface area (Å²) in [6.45, 7) is 0. The number of methoxy groups -OCH3 is 1. The van der Waals surface area contributed by atoms with Crippen molar-refractivity contribution in [2.45, 2.75) is 25.4 Å². The number of hydrogen-bond donors (Lipinski definition) is 2. The number of rotatable bonds is 6. The van der Waals surface area contributed by atoms with Gasteiger partial charge in [-0.2, -0.15) is 4.99 Å². The van der Waals surface area contributed by atoms with Crippen LogP contribution >= 0.6 is 23.2 Å². The molecule has 0 aliphatic carbocycles. The van der Waals surface area contributed by atoms with Gasteiger partial charge in [-0.3, -0.25) is 4.79 Å². The quantitative estimate of drug-likeness (QED) is 0.150. The van der Waals surface area contributed by atoms with Gasteiger partial charge in [0.15, 0.2) is 5.96 Å². The smallest absolute Gasteiger partial charge is 0.465 e. The number of nitrogens with zero attached hydrogens (tertiary/aromatic N) is 1. The molecular formula is C20H11Cl2F12N3O7. The average Bonchev–Trinajstić information content (AvgIpc) is 2.78. The predicted octanol–water partition coefficient (Wildman–Crippen LogP) is 6.47. The van der Waals surface area contributed by atoms with E-state index in [1.54, 1.807) is 0 Å². The van der Waals surface area contributed by atoms with Crippen LogP contribution in [-0.2, 0) is 4.74 Å². The molecule has 0 atom stereocenters. The highest BCUT2D eigenvalue weighted by Gasteiger charge is 2.37. The number of amides is 1. The Hall–Kier alpha value is -4.21. The molecule has 2 aromatic rings. The molecule has 44 heavy (non-hydrogen) atoms. The van der Waals surface area contributed by atoms with E-state index in [9.17, 15) is 62.3 Å². The van der Waals surface area contributed by atoms with E-state index in [1.165, 1.54) is 0 Å². The molecule has 0 aliphatic rings. The highest BCUT2D eigenvalue weighted by molar-refractivity contribution is 6.32. The Morgan fingerprint density at radius 2 is 0.932 bits per heavy atom. The number of alkyl halides is 12. The zero-order valence-corrected chi connectivity index (χ0v) is 22.1. The van der Waals surface area contributed by atoms with Gasteiger partial charge in [-0.1, -0.05) is 23.2 Å². The summed E-state index contributed by atoms with van der Waals surface area (Å²) in [5.41, 5.74) is 7.79. The summed E-state index contributed by atoms with van der Waals surface area (Å²) in [7, 11) is 0.818. The maximum atomic E-state index is 12.3. The largest absolute Gasteiger partial charge is 0.573 e. The molecule has 4 N–H and O–H groups in total. The second-order valence-corrected chi connectivity index (χ2v) is 7.90. The van der Waals surface area contributed by atoms with Crippen LogP contribution in [0.1, 0.15) is 20.7 Å². The lowest BCUT2D eigenvalue weighted by molar-refractivity contribution is -0.277. The number of hydrogen-bond acceptors (Lipinski definition) is 7. The van der Waals surface area contributed by atoms with Crippen LogP contribution in [0.4, 0.5) is 52.7 Å². The molecule has 0 saturated heterocycles. The van der Waals surface area contributed by atoms with Gasteiger partial charge >= 0.3 is 31.4 Å². The minimum absolute atomic E-state index is 0.270. The number of esters is 1. The van der Waals surface area contributed by atoms with E-state index in [4.69, 9.17) is 34.7 Å². The number of halogens is 14. The molecule has 0 aromatic heterocycles. The molecule has 0 aliphatic heterocycles. The summed E-state index contributed by atoms with van der Waals surface area (Å²) in [5, 5.41) is -1.72. The molecule has 0 unspecified atom stereocenters. The average molecular weight is 704 g/mol. The van der Waals surface area contributed by atoms with Crippen molar-refractivity contribution < 1.29 is 86.0 Å². The predicted molar refractivity (Wildman–Crippen MR) is 121 cm³/mol. The Kier molecular flexibility index (Phi) is 12.1. The van der Waals surface area contributed by atoms with Crippen LogP contribution in [0.2, 0.25) is 10.0 Å². The normalized spacial score (nSPS) is 11.9. The molecule has 1 amide bonds. The summed E-state index contributed by atoms with van der Waals surface area (Å²) in [6.07, 6.45) is -20.8. The van der Waals surface area contributed by atoms with E-state index in [0.717, 1.165) is 7.11 Å². The van der Waals surface area contributed by atoms with Crippen LogP contribution in [0, 0.1) is 0 Å². The van der Waals surface area contributed by atoms with Crippen molar-refractivity contribution in [2.24, 2.45) is 16.5 Å². The number of ether oxygens (including phenoxy) is 5. The molecule has 0 bridgehead atoms. The van der Waals surface area contributed by atoms with Crippen LogP contribution < -0.4 is 30.4 Å². The zero-order chi connectivity index (χ0) is 34.4. The first-order valence-corrected chi connectivity index (χ1v) is 10.9. The highest BCUT2D eigenvalue weighted by Crippen LogP contribution is 2.39. The van der Waals surface area contributed by atoms with Crippen molar-refractivity contribution in [1.29, 1.82) is 0 Å². The second kappa shape index (κ2) is 14.1. The van der Waals surface area contributed by atoms with Gasteiger partial charge in [0.1, 0.15) is 28.6 Å². The maximum absolute atomic E-state index is 12.3. The van der Waals surface area contributed by atoms with E-state index in [1.807, 2.05) is 0 Å². The van der Waals surface area contributed by atoms with E-state index >= 15 is 0 Å². The lowest BCUT2D eigenvalue weighted by atomic mass is 10.1. The van der Waals surface area contributed by atoms with Gasteiger partial charge < -0.3 is 35.2 Å². The van der Waals surface area contributed by atoms with Crippen molar-refractivity contribution in [1.82, 2.24) is 0 Å². The van der Waals surface area contributed by atoms with Crippen molar-refractivity contribution in [3.63, 3.8) is 0 Å². The maximum Gasteiger partial charge on any atom is 0.573 e. The fourth-order valence-corrected chi connectivity index (χ4v) is 2.89. The number of guanidine groups is 1. The Morgan fingerprint density at radius 1 is 0.614 bits per heavy atom. The standard InChI is InChI=1S/C10H6ClF6N3O3.C10H5ClF6O4/c11-4-2-5(22-9(12,13)14)3(7(21)20-8(18)19)1-6(4)23-10(15,16)17;1-19-8(18)4-2-7(21-10(15,16)17)5(11)3-6(4)20-9(12,13)14/h1-2H,(H4,18,19,20,21);2-3H,1H3. The Labute approximate surface area is 244 Å². The van der Waals surface area contributed by atoms with Gasteiger partial charge in [0.25, 0.3) is 5.91 Å². The van der Waals surface area contributed by atoms with Crippen molar-refractivity contribution in [3.8, 4) is 23.0 Å². The molecule has 0 saturated carbocycles. The number of nitrogens with two attached hydrogens (primary N) is 2. The van der Waals surface area contributed by atoms with Crippen LogP contribution in [0.15, 0.2) is 29.3 Å². The van der Waals surface area contributed by atoms with Gasteiger partial charge in [0.05, 0.1) is 22.7 Å². The SMILES string of the molecule is COC(=O)c1cc(OC(F)(F)F)c(Cl)cc1OC(F)(F)F.NC(N)=NC(=O)c1cc(OC(F)(F)F)c(Cl)cc1OC(F)(F)F. The Balaban J connectivity index is 0.000000442. The number of carbonyl (C=O) groups excluding carboxylic acids is 2. The Bertz CT molecular complexity index is 1390. The molecule has 0 heterocycles. The van der Waals surface area contributed by atoms with Gasteiger partial charge in [-0.25, -0.2) is 4.79 Å². The molecule has 2 rings (SSSR count). The summed E-state index contributed by atoms with van der Waals surface area (Å²) in [6, 6.07) is 1.28. The van der Waals surface area contributed by atoms with E-state index in [0.29, 0.717) is 18.2 Å². The lowest BCUT2D eigenvalue weighted by Crippen LogP contribution is -2.25. The summed E-state index contributed by atoms with van der Waals surface area (Å²) in [5.74, 6) is -8.21.